The van der Waals surface area contributed by atoms with Gasteiger partial charge in [0.2, 0.25) is 0 Å². The fraction of sp³-hybridized carbons (Fsp3) is 0.635. The molecule has 0 amide bonds. The molecule has 0 rings (SSSR count). The van der Waals surface area contributed by atoms with Gasteiger partial charge in [-0.2, -0.15) is 0 Å². The number of ether oxygens (including phenoxy) is 3. The molecule has 6 nitrogen and oxygen atoms in total. The summed E-state index contributed by atoms with van der Waals surface area (Å²) >= 11 is 0. The topological polar surface area (TPSA) is 78.9 Å². The Morgan fingerprint density at radius 3 is 1.06 bits per heavy atom. The zero-order valence-corrected chi connectivity index (χ0v) is 44.5. The molecule has 6 heteroatoms. The first-order valence-electron chi connectivity index (χ1n) is 28.1. The van der Waals surface area contributed by atoms with E-state index in [1.54, 1.807) is 0 Å². The molecule has 1 unspecified atom stereocenters. The third-order valence-corrected chi connectivity index (χ3v) is 11.4. The Labute approximate surface area is 424 Å². The molecule has 0 saturated carbocycles. The first-order chi connectivity index (χ1) is 34.0. The minimum atomic E-state index is -0.830. The van der Waals surface area contributed by atoms with Crippen molar-refractivity contribution in [3.63, 3.8) is 0 Å². The predicted octanol–water partition coefficient (Wildman–Crippen LogP) is 18.9. The third-order valence-electron chi connectivity index (χ3n) is 11.4. The number of allylic oxidation sites excluding steroid dienone is 20. The summed E-state index contributed by atoms with van der Waals surface area (Å²) in [6.45, 7) is 6.40. The lowest BCUT2D eigenvalue weighted by molar-refractivity contribution is -0.167. The van der Waals surface area contributed by atoms with Crippen molar-refractivity contribution in [2.45, 2.75) is 245 Å². The van der Waals surface area contributed by atoms with Crippen molar-refractivity contribution in [2.24, 2.45) is 0 Å². The lowest BCUT2D eigenvalue weighted by atomic mass is 10.1. The lowest BCUT2D eigenvalue weighted by Crippen LogP contribution is -2.30. The summed E-state index contributed by atoms with van der Waals surface area (Å²) in [5.74, 6) is -1.03. The zero-order valence-electron chi connectivity index (χ0n) is 44.5. The lowest BCUT2D eigenvalue weighted by Gasteiger charge is -2.18. The molecule has 0 N–H and O–H groups in total. The van der Waals surface area contributed by atoms with E-state index in [9.17, 15) is 14.4 Å². The molecule has 0 saturated heterocycles. The van der Waals surface area contributed by atoms with Gasteiger partial charge in [0.1, 0.15) is 13.2 Å². The average Bonchev–Trinajstić information content (AvgIpc) is 3.35. The Balaban J connectivity index is 4.57. The van der Waals surface area contributed by atoms with Crippen molar-refractivity contribution in [3.05, 3.63) is 122 Å². The molecule has 0 heterocycles. The Hall–Kier alpha value is -4.19. The second-order valence-corrected chi connectivity index (χ2v) is 18.1. The second-order valence-electron chi connectivity index (χ2n) is 18.1. The molecular weight excluding hydrogens is 853 g/mol. The van der Waals surface area contributed by atoms with Crippen LogP contribution in [0.3, 0.4) is 0 Å². The van der Waals surface area contributed by atoms with Gasteiger partial charge in [-0.05, 0) is 122 Å². The van der Waals surface area contributed by atoms with Gasteiger partial charge >= 0.3 is 17.9 Å². The van der Waals surface area contributed by atoms with E-state index >= 15 is 0 Å². The average molecular weight is 956 g/mol. The number of carbonyl (C=O) groups excluding carboxylic acids is 3. The third kappa shape index (κ3) is 54.6. The number of rotatable bonds is 49. The molecule has 390 valence electrons. The fourth-order valence-electron chi connectivity index (χ4n) is 7.24. The van der Waals surface area contributed by atoms with Gasteiger partial charge in [0.25, 0.3) is 0 Å². The van der Waals surface area contributed by atoms with Gasteiger partial charge < -0.3 is 14.2 Å². The van der Waals surface area contributed by atoms with Crippen LogP contribution in [-0.4, -0.2) is 37.2 Å². The van der Waals surface area contributed by atoms with Crippen LogP contribution in [-0.2, 0) is 28.6 Å². The number of esters is 3. The highest BCUT2D eigenvalue weighted by atomic mass is 16.6. The molecule has 0 aromatic carbocycles. The van der Waals surface area contributed by atoms with Crippen LogP contribution in [0.25, 0.3) is 0 Å². The second kappa shape index (κ2) is 56.4. The molecule has 0 aliphatic heterocycles. The quantitative estimate of drug-likeness (QED) is 0.0199. The van der Waals surface area contributed by atoms with E-state index in [2.05, 4.69) is 142 Å². The molecule has 0 aliphatic rings. The fourth-order valence-corrected chi connectivity index (χ4v) is 7.24. The normalized spacial score (nSPS) is 13.0. The van der Waals surface area contributed by atoms with Crippen molar-refractivity contribution >= 4 is 17.9 Å². The van der Waals surface area contributed by atoms with Gasteiger partial charge in [-0.15, -0.1) is 0 Å². The SMILES string of the molecule is CC/C=C\C/C=C\C/C=C\C/C=C\CCCCCC(=O)OCC(COC(=O)CCCCCCC/C=C\C=C/CCCCCCCCC)OC(=O)CCC/C=C\C/C=C\C/C=C\C/C=C\CCCCC. The standard InChI is InChI=1S/C63H102O6/c1-4-7-10-13-16-19-22-25-28-31-33-35-38-41-44-47-50-53-56-62(65)68-59-60(58-67-61(64)55-52-49-46-43-40-37-34-30-27-24-21-18-15-12-9-6-3)69-63(66)57-54-51-48-45-42-39-36-32-29-26-23-20-17-14-11-8-5-2/h9,12,17-18,20-21,26-31,33,35-37,39-40,45,48,60H,4-8,10-11,13-16,19,22-25,32,34,38,41-44,46-47,49-59H2,1-3H3/b12-9-,20-17-,21-18-,29-26-,30-27-,31-28-,35-33-,39-36-,40-37-,48-45-. The van der Waals surface area contributed by atoms with Gasteiger partial charge in [0.05, 0.1) is 0 Å². The summed E-state index contributed by atoms with van der Waals surface area (Å²) in [4.78, 5) is 38.1. The summed E-state index contributed by atoms with van der Waals surface area (Å²) in [7, 11) is 0. The Morgan fingerprint density at radius 2 is 0.623 bits per heavy atom. The van der Waals surface area contributed by atoms with Gasteiger partial charge in [-0.25, -0.2) is 0 Å². The molecule has 1 atom stereocenters. The van der Waals surface area contributed by atoms with Crippen molar-refractivity contribution < 1.29 is 28.6 Å². The maximum Gasteiger partial charge on any atom is 0.306 e. The highest BCUT2D eigenvalue weighted by Crippen LogP contribution is 2.12. The summed E-state index contributed by atoms with van der Waals surface area (Å²) < 4.78 is 16.8. The summed E-state index contributed by atoms with van der Waals surface area (Å²) in [6.07, 6.45) is 77.6. The maximum absolute atomic E-state index is 12.8. The van der Waals surface area contributed by atoms with E-state index in [1.165, 1.54) is 77.0 Å². The summed E-state index contributed by atoms with van der Waals surface area (Å²) in [5.41, 5.74) is 0. The minimum Gasteiger partial charge on any atom is -0.462 e. The largest absolute Gasteiger partial charge is 0.462 e. The van der Waals surface area contributed by atoms with Gasteiger partial charge in [0.15, 0.2) is 6.10 Å². The molecule has 0 bridgehead atoms. The monoisotopic (exact) mass is 955 g/mol. The maximum atomic E-state index is 12.8. The van der Waals surface area contributed by atoms with Crippen molar-refractivity contribution in [2.75, 3.05) is 13.2 Å². The number of hydrogen-bond donors (Lipinski definition) is 0. The smallest absolute Gasteiger partial charge is 0.306 e. The van der Waals surface area contributed by atoms with Crippen LogP contribution < -0.4 is 0 Å². The first kappa shape index (κ1) is 64.8. The van der Waals surface area contributed by atoms with Gasteiger partial charge in [-0.1, -0.05) is 219 Å². The molecule has 0 spiro atoms. The van der Waals surface area contributed by atoms with E-state index in [-0.39, 0.29) is 37.5 Å². The van der Waals surface area contributed by atoms with Crippen LogP contribution in [0.4, 0.5) is 0 Å². The first-order valence-corrected chi connectivity index (χ1v) is 28.1. The van der Waals surface area contributed by atoms with E-state index in [0.29, 0.717) is 19.3 Å². The zero-order chi connectivity index (χ0) is 50.0. The van der Waals surface area contributed by atoms with Crippen LogP contribution in [0, 0.1) is 0 Å². The molecule has 0 radical (unpaired) electrons. The summed E-state index contributed by atoms with van der Waals surface area (Å²) in [6, 6.07) is 0. The van der Waals surface area contributed by atoms with Crippen LogP contribution in [0.1, 0.15) is 239 Å². The molecule has 0 aromatic heterocycles. The summed E-state index contributed by atoms with van der Waals surface area (Å²) in [5, 5.41) is 0. The Kier molecular flexibility index (Phi) is 53.0. The van der Waals surface area contributed by atoms with Crippen molar-refractivity contribution in [3.8, 4) is 0 Å². The highest BCUT2D eigenvalue weighted by molar-refractivity contribution is 5.71. The number of hydrogen-bond acceptors (Lipinski definition) is 6. The van der Waals surface area contributed by atoms with Crippen molar-refractivity contribution in [1.82, 2.24) is 0 Å². The van der Waals surface area contributed by atoms with Crippen LogP contribution in [0.15, 0.2) is 122 Å². The molecular formula is C63H102O6. The van der Waals surface area contributed by atoms with E-state index in [4.69, 9.17) is 14.2 Å². The minimum absolute atomic E-state index is 0.121. The highest BCUT2D eigenvalue weighted by Gasteiger charge is 2.19. The Morgan fingerprint density at radius 1 is 0.319 bits per heavy atom. The number of carbonyl (C=O) groups is 3. The van der Waals surface area contributed by atoms with Gasteiger partial charge in [-0.3, -0.25) is 14.4 Å². The van der Waals surface area contributed by atoms with E-state index in [1.807, 2.05) is 0 Å². The van der Waals surface area contributed by atoms with Crippen LogP contribution in [0.5, 0.6) is 0 Å². The Bertz CT molecular complexity index is 1470. The van der Waals surface area contributed by atoms with Crippen molar-refractivity contribution in [1.29, 1.82) is 0 Å². The van der Waals surface area contributed by atoms with Crippen LogP contribution >= 0.6 is 0 Å². The molecule has 69 heavy (non-hydrogen) atoms. The van der Waals surface area contributed by atoms with E-state index in [0.717, 1.165) is 116 Å². The molecule has 0 aromatic rings. The molecule has 0 fully saturated rings. The van der Waals surface area contributed by atoms with Crippen LogP contribution in [0.2, 0.25) is 0 Å². The predicted molar refractivity (Wildman–Crippen MR) is 297 cm³/mol. The number of unbranched alkanes of at least 4 members (excludes halogenated alkanes) is 19. The van der Waals surface area contributed by atoms with Gasteiger partial charge in [0, 0.05) is 19.3 Å². The van der Waals surface area contributed by atoms with E-state index < -0.39 is 6.10 Å². The molecule has 0 aliphatic carbocycles.